The van der Waals surface area contributed by atoms with Crippen molar-refractivity contribution in [3.05, 3.63) is 33.3 Å². The predicted molar refractivity (Wildman–Crippen MR) is 82.6 cm³/mol. The highest BCUT2D eigenvalue weighted by Gasteiger charge is 2.27. The summed E-state index contributed by atoms with van der Waals surface area (Å²) in [5.41, 5.74) is 7.08. The summed E-state index contributed by atoms with van der Waals surface area (Å²) < 4.78 is 6.47. The molecule has 1 aromatic carbocycles. The molecule has 1 aliphatic rings. The number of hydrogen-bond acceptors (Lipinski definition) is 3. The monoisotopic (exact) mass is 346 g/mol. The highest BCUT2D eigenvalue weighted by molar-refractivity contribution is 9.10. The molecular weight excluding hydrogens is 328 g/mol. The lowest BCUT2D eigenvalue weighted by Gasteiger charge is -2.37. The van der Waals surface area contributed by atoms with Gasteiger partial charge in [0, 0.05) is 35.7 Å². The smallest absolute Gasteiger partial charge is 0.0698 e. The maximum Gasteiger partial charge on any atom is 0.0698 e. The molecule has 0 aromatic heterocycles. The minimum Gasteiger partial charge on any atom is -0.380 e. The summed E-state index contributed by atoms with van der Waals surface area (Å²) in [4.78, 5) is 2.38. The van der Waals surface area contributed by atoms with Gasteiger partial charge >= 0.3 is 0 Å². The van der Waals surface area contributed by atoms with E-state index in [9.17, 15) is 0 Å². The number of hydrogen-bond donors (Lipinski definition) is 1. The van der Waals surface area contributed by atoms with Gasteiger partial charge in [0.05, 0.1) is 6.10 Å². The molecule has 5 heteroatoms. The molecule has 1 fully saturated rings. The van der Waals surface area contributed by atoms with Crippen LogP contribution in [0.2, 0.25) is 5.02 Å². The minimum absolute atomic E-state index is 0.165. The number of piperidine rings is 1. The molecule has 106 valence electrons. The van der Waals surface area contributed by atoms with Crippen molar-refractivity contribution in [3.8, 4) is 0 Å². The Morgan fingerprint density at radius 2 is 2.37 bits per heavy atom. The molecule has 2 atom stereocenters. The second-order valence-corrected chi connectivity index (χ2v) is 6.24. The zero-order valence-corrected chi connectivity index (χ0v) is 13.5. The molecule has 2 unspecified atom stereocenters. The average Bonchev–Trinajstić information content (AvgIpc) is 2.42. The molecule has 0 spiro atoms. The number of nitrogens with zero attached hydrogens (tertiary/aromatic N) is 1. The molecule has 19 heavy (non-hydrogen) atoms. The van der Waals surface area contributed by atoms with Gasteiger partial charge in [-0.25, -0.2) is 0 Å². The number of likely N-dealkylation sites (tertiary alicyclic amines) is 1. The molecular formula is C14H20BrClN2O. The van der Waals surface area contributed by atoms with Crippen LogP contribution in [0.4, 0.5) is 0 Å². The summed E-state index contributed by atoms with van der Waals surface area (Å²) in [7, 11) is 1.78. The zero-order valence-electron chi connectivity index (χ0n) is 11.1. The Hall–Kier alpha value is -0.130. The van der Waals surface area contributed by atoms with Gasteiger partial charge in [-0.3, -0.25) is 4.90 Å². The molecule has 1 saturated heterocycles. The van der Waals surface area contributed by atoms with Crippen LogP contribution in [0.25, 0.3) is 0 Å². The fourth-order valence-electron chi connectivity index (χ4n) is 2.69. The largest absolute Gasteiger partial charge is 0.380 e. The predicted octanol–water partition coefficient (Wildman–Crippen LogP) is 3.21. The molecule has 0 saturated carbocycles. The van der Waals surface area contributed by atoms with Crippen molar-refractivity contribution in [1.82, 2.24) is 4.90 Å². The molecule has 0 aliphatic carbocycles. The van der Waals surface area contributed by atoms with Crippen molar-refractivity contribution in [2.75, 3.05) is 26.7 Å². The molecule has 1 heterocycles. The van der Waals surface area contributed by atoms with E-state index in [1.165, 1.54) is 0 Å². The van der Waals surface area contributed by atoms with Gasteiger partial charge in [-0.2, -0.15) is 0 Å². The number of nitrogens with two attached hydrogens (primary N) is 1. The number of ether oxygens (including phenoxy) is 1. The zero-order chi connectivity index (χ0) is 13.8. The summed E-state index contributed by atoms with van der Waals surface area (Å²) >= 11 is 9.78. The third-order valence-corrected chi connectivity index (χ3v) is 4.55. The van der Waals surface area contributed by atoms with Gasteiger partial charge < -0.3 is 10.5 Å². The van der Waals surface area contributed by atoms with Gasteiger partial charge in [0.2, 0.25) is 0 Å². The first kappa shape index (κ1) is 15.3. The fraction of sp³-hybridized carbons (Fsp3) is 0.571. The van der Waals surface area contributed by atoms with E-state index in [1.807, 2.05) is 12.1 Å². The van der Waals surface area contributed by atoms with Crippen LogP contribution in [0.15, 0.2) is 22.7 Å². The van der Waals surface area contributed by atoms with E-state index in [0.29, 0.717) is 12.6 Å². The van der Waals surface area contributed by atoms with Gasteiger partial charge in [-0.15, -0.1) is 0 Å². The lowest BCUT2D eigenvalue weighted by Crippen LogP contribution is -2.43. The van der Waals surface area contributed by atoms with E-state index in [2.05, 4.69) is 26.9 Å². The average molecular weight is 348 g/mol. The molecule has 2 N–H and O–H groups in total. The third kappa shape index (κ3) is 3.70. The maximum absolute atomic E-state index is 6.35. The van der Waals surface area contributed by atoms with Crippen molar-refractivity contribution in [1.29, 1.82) is 0 Å². The van der Waals surface area contributed by atoms with Crippen LogP contribution in [-0.4, -0.2) is 37.7 Å². The summed E-state index contributed by atoms with van der Waals surface area (Å²) in [6.07, 6.45) is 2.57. The fourth-order valence-corrected chi connectivity index (χ4v) is 3.49. The molecule has 3 nitrogen and oxygen atoms in total. The highest BCUT2D eigenvalue weighted by atomic mass is 79.9. The standard InChI is InChI=1S/C14H20BrClN2O/c1-19-11-3-2-6-18(9-11)14(8-17)12-5-4-10(15)7-13(12)16/h4-5,7,11,14H,2-3,6,8-9,17H2,1H3. The quantitative estimate of drug-likeness (QED) is 0.909. The Morgan fingerprint density at radius 3 is 3.00 bits per heavy atom. The first-order chi connectivity index (χ1) is 9.15. The molecule has 1 aromatic rings. The van der Waals surface area contributed by atoms with Crippen molar-refractivity contribution in [3.63, 3.8) is 0 Å². The third-order valence-electron chi connectivity index (χ3n) is 3.73. The van der Waals surface area contributed by atoms with Crippen molar-refractivity contribution >= 4 is 27.5 Å². The molecule has 0 radical (unpaired) electrons. The van der Waals surface area contributed by atoms with Gasteiger partial charge in [0.1, 0.15) is 0 Å². The van der Waals surface area contributed by atoms with Crippen LogP contribution in [-0.2, 0) is 4.74 Å². The Morgan fingerprint density at radius 1 is 1.58 bits per heavy atom. The van der Waals surface area contributed by atoms with Gasteiger partial charge in [0.15, 0.2) is 0 Å². The van der Waals surface area contributed by atoms with Crippen molar-refractivity contribution in [2.45, 2.75) is 25.0 Å². The number of rotatable bonds is 4. The van der Waals surface area contributed by atoms with Crippen molar-refractivity contribution in [2.24, 2.45) is 5.73 Å². The Bertz CT molecular complexity index is 430. The number of methoxy groups -OCH3 is 1. The van der Waals surface area contributed by atoms with Crippen LogP contribution in [0.3, 0.4) is 0 Å². The first-order valence-electron chi connectivity index (χ1n) is 6.57. The SMILES string of the molecule is COC1CCCN(C(CN)c2ccc(Br)cc2Cl)C1. The summed E-state index contributed by atoms with van der Waals surface area (Å²) in [6, 6.07) is 6.16. The van der Waals surface area contributed by atoms with Gasteiger partial charge in [-0.05, 0) is 37.1 Å². The van der Waals surface area contributed by atoms with E-state index in [-0.39, 0.29) is 6.04 Å². The normalized spacial score (nSPS) is 22.4. The first-order valence-corrected chi connectivity index (χ1v) is 7.74. The molecule has 0 bridgehead atoms. The molecule has 1 aliphatic heterocycles. The Kier molecular flexibility index (Phi) is 5.66. The Balaban J connectivity index is 2.19. The van der Waals surface area contributed by atoms with E-state index < -0.39 is 0 Å². The van der Waals surface area contributed by atoms with Crippen LogP contribution in [0.1, 0.15) is 24.4 Å². The summed E-state index contributed by atoms with van der Waals surface area (Å²) in [5, 5.41) is 0.768. The topological polar surface area (TPSA) is 38.5 Å². The second kappa shape index (κ2) is 7.04. The van der Waals surface area contributed by atoms with Crippen LogP contribution in [0.5, 0.6) is 0 Å². The van der Waals surface area contributed by atoms with Gasteiger partial charge in [-0.1, -0.05) is 33.6 Å². The van der Waals surface area contributed by atoms with E-state index in [1.54, 1.807) is 7.11 Å². The summed E-state index contributed by atoms with van der Waals surface area (Å²) in [6.45, 7) is 2.54. The maximum atomic E-state index is 6.35. The molecule has 0 amide bonds. The number of benzene rings is 1. The van der Waals surface area contributed by atoms with Gasteiger partial charge in [0.25, 0.3) is 0 Å². The van der Waals surface area contributed by atoms with E-state index in [4.69, 9.17) is 22.1 Å². The minimum atomic E-state index is 0.165. The lowest BCUT2D eigenvalue weighted by atomic mass is 10.0. The van der Waals surface area contributed by atoms with E-state index in [0.717, 1.165) is 41.0 Å². The van der Waals surface area contributed by atoms with Crippen LogP contribution in [0, 0.1) is 0 Å². The summed E-state index contributed by atoms with van der Waals surface area (Å²) in [5.74, 6) is 0. The highest BCUT2D eigenvalue weighted by Crippen LogP contribution is 2.31. The lowest BCUT2D eigenvalue weighted by molar-refractivity contribution is 0.0155. The Labute approximate surface area is 128 Å². The van der Waals surface area contributed by atoms with E-state index >= 15 is 0 Å². The van der Waals surface area contributed by atoms with Crippen molar-refractivity contribution < 1.29 is 4.74 Å². The second-order valence-electron chi connectivity index (χ2n) is 4.91. The number of halogens is 2. The van der Waals surface area contributed by atoms with Crippen LogP contribution >= 0.6 is 27.5 Å². The van der Waals surface area contributed by atoms with Crippen LogP contribution < -0.4 is 5.73 Å². The molecule has 2 rings (SSSR count).